The van der Waals surface area contributed by atoms with Crippen LogP contribution < -0.4 is 9.60 Å². The molecule has 222 valence electrons. The van der Waals surface area contributed by atoms with Gasteiger partial charge in [-0.15, -0.1) is 0 Å². The predicted molar refractivity (Wildman–Crippen MR) is 148 cm³/mol. The van der Waals surface area contributed by atoms with Gasteiger partial charge in [0.1, 0.15) is 6.54 Å². The first-order valence-electron chi connectivity index (χ1n) is 13.3. The number of fused-ring (bicyclic) bond motifs is 1. The number of esters is 1. The molecule has 1 saturated heterocycles. The van der Waals surface area contributed by atoms with Crippen LogP contribution in [0.3, 0.4) is 0 Å². The number of para-hydroxylation sites is 1. The molecule has 0 N–H and O–H groups in total. The molecular weight excluding hydrogens is 644 g/mol. The fourth-order valence-corrected chi connectivity index (χ4v) is 5.10. The average molecular weight is 681 g/mol. The van der Waals surface area contributed by atoms with Crippen LogP contribution in [0, 0.1) is 0 Å². The van der Waals surface area contributed by atoms with Crippen molar-refractivity contribution in [2.75, 3.05) is 31.1 Å². The number of ether oxygens (including phenoxy) is 1. The molecule has 4 nitrogen and oxygen atoms in total. The van der Waals surface area contributed by atoms with Gasteiger partial charge in [0.05, 0.1) is 12.0 Å². The summed E-state index contributed by atoms with van der Waals surface area (Å²) in [7, 11) is 0. The van der Waals surface area contributed by atoms with E-state index in [1.54, 1.807) is 0 Å². The van der Waals surface area contributed by atoms with Crippen LogP contribution in [-0.4, -0.2) is 62.8 Å². The van der Waals surface area contributed by atoms with E-state index in [2.05, 4.69) is 84.0 Å². The molecule has 2 aliphatic heterocycles. The normalized spacial score (nSPS) is 17.0. The summed E-state index contributed by atoms with van der Waals surface area (Å²) in [5, 5.41) is 0. The number of hydrogen-bond donors (Lipinski definition) is 0. The van der Waals surface area contributed by atoms with Crippen molar-refractivity contribution in [3.63, 3.8) is 0 Å². The molecule has 0 saturated carbocycles. The van der Waals surface area contributed by atoms with Crippen LogP contribution in [0.2, 0.25) is 0 Å². The Morgan fingerprint density at radius 2 is 1.57 bits per heavy atom. The molecule has 0 aromatic heterocycles. The molecule has 11 heteroatoms. The second kappa shape index (κ2) is 13.9. The van der Waals surface area contributed by atoms with Crippen molar-refractivity contribution >= 4 is 49.4 Å². The van der Waals surface area contributed by atoms with E-state index in [1.165, 1.54) is 54.1 Å². The molecule has 0 radical (unpaired) electrons. The predicted octanol–water partition coefficient (Wildman–Crippen LogP) is 4.83. The van der Waals surface area contributed by atoms with Gasteiger partial charge in [0, 0.05) is 49.3 Å². The van der Waals surface area contributed by atoms with Crippen LogP contribution in [0.4, 0.5) is 25.4 Å². The Morgan fingerprint density at radius 3 is 2.17 bits per heavy atom. The maximum absolute atomic E-state index is 11.7. The average Bonchev–Trinajstić information content (AvgIpc) is 3.45. The Balaban J connectivity index is 0.000000723. The number of halogens is 6. The summed E-state index contributed by atoms with van der Waals surface area (Å²) < 4.78 is 57.1. The molecule has 40 heavy (non-hydrogen) atoms. The molecule has 0 atom stereocenters. The van der Waals surface area contributed by atoms with E-state index in [0.717, 1.165) is 19.4 Å². The van der Waals surface area contributed by atoms with Gasteiger partial charge in [-0.1, -0.05) is 30.3 Å². The molecule has 2 aliphatic rings. The Labute approximate surface area is 236 Å². The number of rotatable bonds is 9. The van der Waals surface area contributed by atoms with E-state index in [1.807, 2.05) is 6.92 Å². The van der Waals surface area contributed by atoms with Crippen molar-refractivity contribution < 1.29 is 32.9 Å². The zero-order valence-corrected chi connectivity index (χ0v) is 25.6. The Hall–Kier alpha value is -2.48. The first-order chi connectivity index (χ1) is 18.2. The third kappa shape index (κ3) is 10.2. The zero-order chi connectivity index (χ0) is 28.7. The van der Waals surface area contributed by atoms with Gasteiger partial charge in [-0.2, -0.15) is 4.58 Å². The third-order valence-electron chi connectivity index (χ3n) is 6.92. The van der Waals surface area contributed by atoms with E-state index in [9.17, 15) is 18.9 Å². The van der Waals surface area contributed by atoms with Gasteiger partial charge in [0.25, 0.3) is 0 Å². The van der Waals surface area contributed by atoms with Crippen molar-refractivity contribution in [2.24, 2.45) is 0 Å². The summed E-state index contributed by atoms with van der Waals surface area (Å²) in [6.07, 6.45) is 9.40. The molecule has 0 amide bonds. The molecule has 0 aliphatic carbocycles. The van der Waals surface area contributed by atoms with Crippen LogP contribution in [0.15, 0.2) is 54.6 Å². The monoisotopic (exact) mass is 680 g/mol. The van der Waals surface area contributed by atoms with Crippen molar-refractivity contribution in [1.29, 1.82) is 0 Å². The molecule has 2 aromatic carbocycles. The molecule has 0 bridgehead atoms. The van der Waals surface area contributed by atoms with Gasteiger partial charge in [0.15, 0.2) is 5.71 Å². The first kappa shape index (κ1) is 33.7. The van der Waals surface area contributed by atoms with Crippen molar-refractivity contribution in [3.8, 4) is 0 Å². The number of benzene rings is 2. The zero-order valence-electron chi connectivity index (χ0n) is 23.1. The standard InChI is InChI=1S/C29H37N2O2.6FH.Sb/c1-4-33-28(32)13-7-8-22-31-26-12-6-5-11-25(26)29(2,3)27(31)19-16-23-14-17-24(18-15-23)30-20-9-10-21-30;;;;;;;/h5-6,11-12,14-19H,4,7-10,13,20-22H2,1-3H3;6*1H;/q+1;;;;;;;+5/p-6. The van der Waals surface area contributed by atoms with Gasteiger partial charge >= 0.3 is 40.3 Å². The molecule has 4 rings (SSSR count). The Bertz CT molecular complexity index is 1180. The van der Waals surface area contributed by atoms with E-state index in [0.29, 0.717) is 13.0 Å². The summed E-state index contributed by atoms with van der Waals surface area (Å²) in [5.41, 5.74) is 6.43. The van der Waals surface area contributed by atoms with Crippen LogP contribution in [0.5, 0.6) is 0 Å². The minimum absolute atomic E-state index is 0. The summed E-state index contributed by atoms with van der Waals surface area (Å²) in [5.74, 6) is -0.0962. The van der Waals surface area contributed by atoms with Gasteiger partial charge < -0.3 is 14.3 Å². The van der Waals surface area contributed by atoms with Gasteiger partial charge in [-0.25, -0.2) is 0 Å². The number of anilines is 1. The summed E-state index contributed by atoms with van der Waals surface area (Å²) >= 11 is -9.19. The van der Waals surface area contributed by atoms with Crippen LogP contribution in [0.25, 0.3) is 6.08 Å². The SMILES string of the molecule is CCOC(=O)CCCC[N+]1=C(/C=C/c2ccc(N3CCCC3)cc2)C(C)(C)c2ccccc21.[F-].[F][Sb]([F])([F])([F])[F]. The van der Waals surface area contributed by atoms with E-state index in [4.69, 9.17) is 4.74 Å². The van der Waals surface area contributed by atoms with E-state index >= 15 is 0 Å². The molecule has 2 aromatic rings. The maximum atomic E-state index is 11.7. The Kier molecular flexibility index (Phi) is 11.7. The van der Waals surface area contributed by atoms with Crippen LogP contribution >= 0.6 is 0 Å². The fourth-order valence-electron chi connectivity index (χ4n) is 5.10. The third-order valence-corrected chi connectivity index (χ3v) is 6.92. The number of carbonyl (C=O) groups is 1. The van der Waals surface area contributed by atoms with Crippen molar-refractivity contribution in [3.05, 3.63) is 65.7 Å². The number of allylic oxidation sites excluding steroid dienone is 1. The first-order valence-corrected chi connectivity index (χ1v) is 18.1. The number of unbranched alkanes of at least 4 members (excludes halogenated alkanes) is 1. The van der Waals surface area contributed by atoms with Crippen molar-refractivity contribution in [2.45, 2.75) is 58.3 Å². The minimum atomic E-state index is -9.19. The summed E-state index contributed by atoms with van der Waals surface area (Å²) in [6, 6.07) is 17.6. The second-order valence-corrected chi connectivity index (χ2v) is 13.8. The second-order valence-electron chi connectivity index (χ2n) is 10.2. The van der Waals surface area contributed by atoms with Crippen molar-refractivity contribution in [1.82, 2.24) is 0 Å². The number of hydrogen-bond acceptors (Lipinski definition) is 3. The molecule has 0 unspecified atom stereocenters. The topological polar surface area (TPSA) is 32.6 Å². The molecule has 0 spiro atoms. The molecule has 1 fully saturated rings. The van der Waals surface area contributed by atoms with Gasteiger partial charge in [-0.3, -0.25) is 4.79 Å². The van der Waals surface area contributed by atoms with Crippen LogP contribution in [-0.2, 0) is 14.9 Å². The van der Waals surface area contributed by atoms with E-state index in [-0.39, 0.29) is 16.1 Å². The van der Waals surface area contributed by atoms with Gasteiger partial charge in [-0.05, 0) is 63.8 Å². The molecule has 2 heterocycles. The van der Waals surface area contributed by atoms with Gasteiger partial charge in [0.2, 0.25) is 5.69 Å². The number of nitrogens with zero attached hydrogens (tertiary/aromatic N) is 2. The summed E-state index contributed by atoms with van der Waals surface area (Å²) in [6.45, 7) is 10.2. The quantitative estimate of drug-likeness (QED) is 0.125. The van der Waals surface area contributed by atoms with E-state index < -0.39 is 20.3 Å². The Morgan fingerprint density at radius 1 is 0.975 bits per heavy atom. The number of carbonyl (C=O) groups excluding carboxylic acids is 1. The molecular formula is C29H37F6N2O2Sb. The summed E-state index contributed by atoms with van der Waals surface area (Å²) in [4.78, 5) is 14.2. The fraction of sp³-hybridized carbons (Fsp3) is 0.448. The van der Waals surface area contributed by atoms with Crippen LogP contribution in [0.1, 0.15) is 64.0 Å².